The Morgan fingerprint density at radius 2 is 1.92 bits per heavy atom. The molecule has 0 aromatic rings. The third kappa shape index (κ3) is 9.99. The predicted octanol–water partition coefficient (Wildman–Crippen LogP) is 3.10. The maximum absolute atomic E-state index is 5.68. The number of guanidine groups is 1. The maximum atomic E-state index is 5.68. The topological polar surface area (TPSA) is 48.9 Å². The van der Waals surface area contributed by atoms with Gasteiger partial charge < -0.3 is 15.4 Å². The molecule has 0 aromatic carbocycles. The van der Waals surface area contributed by atoms with Crippen LogP contribution in [0.25, 0.3) is 0 Å². The van der Waals surface area contributed by atoms with Crippen molar-refractivity contribution in [3.8, 4) is 0 Å². The molecule has 1 aliphatic carbocycles. The van der Waals surface area contributed by atoms with E-state index in [1.165, 1.54) is 38.8 Å². The molecule has 2 fully saturated rings. The van der Waals surface area contributed by atoms with Crippen LogP contribution < -0.4 is 10.6 Å². The Hall–Kier alpha value is -0.0800. The Morgan fingerprint density at radius 1 is 1.20 bits per heavy atom. The minimum Gasteiger partial charge on any atom is -0.381 e. The molecule has 2 aliphatic rings. The molecule has 1 heterocycles. The first-order valence-corrected chi connectivity index (χ1v) is 10.0. The smallest absolute Gasteiger partial charge is 0.191 e. The summed E-state index contributed by atoms with van der Waals surface area (Å²) in [5.74, 6) is 2.69. The molecule has 1 saturated heterocycles. The third-order valence-corrected chi connectivity index (χ3v) is 5.11. The number of hydrogen-bond donors (Lipinski definition) is 2. The second-order valence-corrected chi connectivity index (χ2v) is 7.59. The number of ether oxygens (including phenoxy) is 1. The zero-order valence-electron chi connectivity index (χ0n) is 16.4. The molecule has 148 valence electrons. The molecule has 25 heavy (non-hydrogen) atoms. The molecule has 0 amide bonds. The van der Waals surface area contributed by atoms with Crippen LogP contribution in [0, 0.1) is 11.8 Å². The van der Waals surface area contributed by atoms with Gasteiger partial charge in [0.15, 0.2) is 5.96 Å². The quantitative estimate of drug-likeness (QED) is 0.225. The van der Waals surface area contributed by atoms with E-state index < -0.39 is 0 Å². The summed E-state index contributed by atoms with van der Waals surface area (Å²) in [5, 5.41) is 6.78. The van der Waals surface area contributed by atoms with Crippen LogP contribution in [0.4, 0.5) is 0 Å². The van der Waals surface area contributed by atoms with Crippen molar-refractivity contribution >= 4 is 29.9 Å². The van der Waals surface area contributed by atoms with Crippen LogP contribution in [0.3, 0.4) is 0 Å². The normalized spacial score (nSPS) is 20.8. The Kier molecular flexibility index (Phi) is 12.1. The molecular formula is C19H39IN4O. The molecule has 2 rings (SSSR count). The van der Waals surface area contributed by atoms with Crippen LogP contribution in [-0.2, 0) is 4.74 Å². The molecule has 1 aliphatic heterocycles. The minimum atomic E-state index is 0. The SMILES string of the molecule is CCNC(=NCC(C)N1CCC(C)CC1)NCCCOCC1CC1.I. The Balaban J connectivity index is 0.00000312. The van der Waals surface area contributed by atoms with E-state index >= 15 is 0 Å². The zero-order chi connectivity index (χ0) is 17.2. The van der Waals surface area contributed by atoms with Crippen molar-refractivity contribution < 1.29 is 4.74 Å². The minimum absolute atomic E-state index is 0. The van der Waals surface area contributed by atoms with Gasteiger partial charge >= 0.3 is 0 Å². The second-order valence-electron chi connectivity index (χ2n) is 7.59. The highest BCUT2D eigenvalue weighted by molar-refractivity contribution is 14.0. The van der Waals surface area contributed by atoms with Gasteiger partial charge in [-0.2, -0.15) is 0 Å². The van der Waals surface area contributed by atoms with E-state index in [0.717, 1.165) is 57.1 Å². The summed E-state index contributed by atoms with van der Waals surface area (Å²) < 4.78 is 5.68. The monoisotopic (exact) mass is 466 g/mol. The molecule has 0 spiro atoms. The van der Waals surface area contributed by atoms with Crippen LogP contribution >= 0.6 is 24.0 Å². The largest absolute Gasteiger partial charge is 0.381 e. The lowest BCUT2D eigenvalue weighted by atomic mass is 9.98. The number of halogens is 1. The highest BCUT2D eigenvalue weighted by Crippen LogP contribution is 2.28. The van der Waals surface area contributed by atoms with Gasteiger partial charge in [-0.15, -0.1) is 24.0 Å². The molecule has 5 nitrogen and oxygen atoms in total. The second kappa shape index (κ2) is 13.1. The fourth-order valence-corrected chi connectivity index (χ4v) is 3.07. The number of piperidine rings is 1. The molecule has 1 saturated carbocycles. The number of nitrogens with one attached hydrogen (secondary N) is 2. The van der Waals surface area contributed by atoms with E-state index in [4.69, 9.17) is 9.73 Å². The van der Waals surface area contributed by atoms with Crippen molar-refractivity contribution in [3.05, 3.63) is 0 Å². The van der Waals surface area contributed by atoms with Gasteiger partial charge in [-0.3, -0.25) is 9.89 Å². The first kappa shape index (κ1) is 23.0. The Morgan fingerprint density at radius 3 is 2.56 bits per heavy atom. The van der Waals surface area contributed by atoms with Crippen LogP contribution in [0.15, 0.2) is 4.99 Å². The van der Waals surface area contributed by atoms with E-state index in [2.05, 4.69) is 36.3 Å². The van der Waals surface area contributed by atoms with Crippen molar-refractivity contribution in [2.45, 2.75) is 58.9 Å². The van der Waals surface area contributed by atoms with Crippen LogP contribution in [0.2, 0.25) is 0 Å². The Bertz CT molecular complexity index is 368. The van der Waals surface area contributed by atoms with Gasteiger partial charge in [-0.25, -0.2) is 0 Å². The van der Waals surface area contributed by atoms with Crippen molar-refractivity contribution in [2.75, 3.05) is 45.9 Å². The lowest BCUT2D eigenvalue weighted by Gasteiger charge is -2.34. The summed E-state index contributed by atoms with van der Waals surface area (Å²) in [6.07, 6.45) is 6.42. The summed E-state index contributed by atoms with van der Waals surface area (Å²) in [5.41, 5.74) is 0. The average molecular weight is 466 g/mol. The number of nitrogens with zero attached hydrogens (tertiary/aromatic N) is 2. The maximum Gasteiger partial charge on any atom is 0.191 e. The van der Waals surface area contributed by atoms with Crippen molar-refractivity contribution in [1.82, 2.24) is 15.5 Å². The van der Waals surface area contributed by atoms with Crippen molar-refractivity contribution in [2.24, 2.45) is 16.8 Å². The highest BCUT2D eigenvalue weighted by atomic mass is 127. The molecule has 0 aromatic heterocycles. The van der Waals surface area contributed by atoms with Gasteiger partial charge in [0.25, 0.3) is 0 Å². The molecule has 0 bridgehead atoms. The van der Waals surface area contributed by atoms with Gasteiger partial charge in [0, 0.05) is 32.3 Å². The van der Waals surface area contributed by atoms with E-state index in [0.29, 0.717) is 6.04 Å². The zero-order valence-corrected chi connectivity index (χ0v) is 18.8. The molecular weight excluding hydrogens is 427 g/mol. The van der Waals surface area contributed by atoms with Gasteiger partial charge in [0.2, 0.25) is 0 Å². The average Bonchev–Trinajstić information content (AvgIpc) is 3.40. The van der Waals surface area contributed by atoms with E-state index in [-0.39, 0.29) is 24.0 Å². The Labute approximate surface area is 171 Å². The summed E-state index contributed by atoms with van der Waals surface area (Å²) in [7, 11) is 0. The lowest BCUT2D eigenvalue weighted by Crippen LogP contribution is -2.43. The van der Waals surface area contributed by atoms with Gasteiger partial charge in [-0.1, -0.05) is 6.92 Å². The molecule has 2 N–H and O–H groups in total. The van der Waals surface area contributed by atoms with Crippen LogP contribution in [0.5, 0.6) is 0 Å². The summed E-state index contributed by atoms with van der Waals surface area (Å²) in [4.78, 5) is 7.36. The number of likely N-dealkylation sites (tertiary alicyclic amines) is 1. The molecule has 1 unspecified atom stereocenters. The van der Waals surface area contributed by atoms with Gasteiger partial charge in [0.05, 0.1) is 6.54 Å². The van der Waals surface area contributed by atoms with Crippen molar-refractivity contribution in [3.63, 3.8) is 0 Å². The number of rotatable bonds is 10. The number of aliphatic imine (C=N–C) groups is 1. The van der Waals surface area contributed by atoms with Gasteiger partial charge in [0.1, 0.15) is 0 Å². The van der Waals surface area contributed by atoms with Crippen molar-refractivity contribution in [1.29, 1.82) is 0 Å². The fourth-order valence-electron chi connectivity index (χ4n) is 3.07. The molecule has 6 heteroatoms. The van der Waals surface area contributed by atoms with E-state index in [9.17, 15) is 0 Å². The van der Waals surface area contributed by atoms with Gasteiger partial charge in [-0.05, 0) is 70.9 Å². The summed E-state index contributed by atoms with van der Waals surface area (Å²) in [6.45, 7) is 13.7. The lowest BCUT2D eigenvalue weighted by molar-refractivity contribution is 0.123. The first-order valence-electron chi connectivity index (χ1n) is 10.0. The van der Waals surface area contributed by atoms with E-state index in [1.54, 1.807) is 0 Å². The molecule has 0 radical (unpaired) electrons. The first-order chi connectivity index (χ1) is 11.7. The third-order valence-electron chi connectivity index (χ3n) is 5.11. The summed E-state index contributed by atoms with van der Waals surface area (Å²) >= 11 is 0. The molecule has 1 atom stereocenters. The predicted molar refractivity (Wildman–Crippen MR) is 117 cm³/mol. The van der Waals surface area contributed by atoms with E-state index in [1.807, 2.05) is 0 Å². The fraction of sp³-hybridized carbons (Fsp3) is 0.947. The summed E-state index contributed by atoms with van der Waals surface area (Å²) in [6, 6.07) is 0.523. The standard InChI is InChI=1S/C19H38N4O.HI/c1-4-20-19(21-10-5-13-24-15-18-6-7-18)22-14-17(3)23-11-8-16(2)9-12-23;/h16-18H,4-15H2,1-3H3,(H2,20,21,22);1H. The van der Waals surface area contributed by atoms with Crippen LogP contribution in [0.1, 0.15) is 52.9 Å². The van der Waals surface area contributed by atoms with Crippen LogP contribution in [-0.4, -0.2) is 62.8 Å². The highest BCUT2D eigenvalue weighted by Gasteiger charge is 2.21. The number of hydrogen-bond acceptors (Lipinski definition) is 3.